The molecule has 0 aliphatic carbocycles. The summed E-state index contributed by atoms with van der Waals surface area (Å²) in [5.74, 6) is -1.93. The number of aromatic nitrogens is 4. The van der Waals surface area contributed by atoms with Crippen molar-refractivity contribution in [2.45, 2.75) is 20.8 Å². The Labute approximate surface area is 519 Å². The summed E-state index contributed by atoms with van der Waals surface area (Å²) in [5, 5.41) is 8.36. The maximum atomic E-state index is 13.4. The number of anilines is 4. The third kappa shape index (κ3) is 22.7. The van der Waals surface area contributed by atoms with E-state index in [4.69, 9.17) is 5.11 Å². The predicted octanol–water partition coefficient (Wildman–Crippen LogP) is 15.6. The van der Waals surface area contributed by atoms with E-state index in [-0.39, 0.29) is 109 Å². The van der Waals surface area contributed by atoms with Gasteiger partial charge in [0.2, 0.25) is 0 Å². The molecule has 4 heterocycles. The molecule has 4 radical (unpaired) electrons. The Morgan fingerprint density at radius 1 is 0.475 bits per heavy atom. The zero-order valence-corrected chi connectivity index (χ0v) is 53.2. The molecule has 0 aliphatic heterocycles. The van der Waals surface area contributed by atoms with Crippen molar-refractivity contribution in [3.63, 3.8) is 0 Å². The van der Waals surface area contributed by atoms with Crippen molar-refractivity contribution in [2.24, 2.45) is 0 Å². The molecule has 16 heteroatoms. The van der Waals surface area contributed by atoms with Gasteiger partial charge in [-0.3, -0.25) is 22.4 Å². The first kappa shape index (κ1) is 69.2. The first-order chi connectivity index (χ1) is 36.7. The Bertz CT molecular complexity index is 3330. The monoisotopic (exact) mass is 1780 g/mol. The van der Waals surface area contributed by atoms with E-state index in [2.05, 4.69) is 73.4 Å². The van der Waals surface area contributed by atoms with Crippen molar-refractivity contribution in [2.75, 3.05) is 23.9 Å². The van der Waals surface area contributed by atoms with Gasteiger partial charge in [0.1, 0.15) is 0 Å². The van der Waals surface area contributed by atoms with Gasteiger partial charge in [-0.25, -0.2) is 0 Å². The number of rotatable bonds is 9. The molecule has 0 fully saturated rings. The van der Waals surface area contributed by atoms with Gasteiger partial charge in [0.15, 0.2) is 5.78 Å². The number of para-hydroxylation sites is 2. The molecule has 0 amide bonds. The summed E-state index contributed by atoms with van der Waals surface area (Å²) in [6, 6.07) is 67.6. The van der Waals surface area contributed by atoms with E-state index >= 15 is 0 Å². The van der Waals surface area contributed by atoms with E-state index in [0.29, 0.717) is 5.69 Å². The van der Waals surface area contributed by atoms with E-state index < -0.39 is 11.6 Å². The van der Waals surface area contributed by atoms with Crippen LogP contribution in [0.2, 0.25) is 0 Å². The van der Waals surface area contributed by atoms with Crippen molar-refractivity contribution in [1.82, 2.24) is 19.9 Å². The van der Waals surface area contributed by atoms with Crippen LogP contribution in [0.4, 0.5) is 40.3 Å². The van der Waals surface area contributed by atoms with Crippen molar-refractivity contribution in [1.29, 1.82) is 0 Å². The normalized spacial score (nSPS) is 9.84. The molecule has 0 bridgehead atoms. The minimum absolute atomic E-state index is 0. The Morgan fingerprint density at radius 2 is 0.963 bits per heavy atom. The average Bonchev–Trinajstić information content (AvgIpc) is 3.43. The predicted molar refractivity (Wildman–Crippen MR) is 295 cm³/mol. The van der Waals surface area contributed by atoms with Crippen LogP contribution in [-0.2, 0) is 85.2 Å². The second kappa shape index (κ2) is 36.3. The maximum Gasteiger partial charge on any atom is 0.155 e. The third-order valence-corrected chi connectivity index (χ3v) is 10.5. The van der Waals surface area contributed by atoms with Gasteiger partial charge in [-0.05, 0) is 92.1 Å². The topological polar surface area (TPSA) is 95.3 Å². The summed E-state index contributed by atoms with van der Waals surface area (Å²) in [6.45, 7) is 4.73. The van der Waals surface area contributed by atoms with Gasteiger partial charge in [-0.2, -0.15) is 0 Å². The molecule has 0 aliphatic rings. The standard InChI is InChI=1S/C23H16FN2.C13H12FN2.C12H8F2N.C11H8N.C5H8O2.4Ir/c24-19-13-11-18(12-14-19)23-17-22(15-16-25-23)26(20-7-3-1-4-8-20)21-9-5-2-6-10-21;1-16(2)12-7-8-15-13(9-12)10-3-5-11(14)6-4-10;1-8-4-5-15-12(6-8)10-3-2-9(13)7-11(10)14;1-2-6-10(7-3-1)11-8-4-5-9-12-11;1-4(6)3-5(2)7;;;;/h1-11,13-17H;3,5-9H,1-2H3;2,4-7H,1H3;1-6,8-9H;3,6H,1-2H3;;;;/q4*-1;;;;;. The smallest absolute Gasteiger partial charge is 0.155 e. The van der Waals surface area contributed by atoms with E-state index in [0.717, 1.165) is 74.2 Å². The Balaban J connectivity index is 0.000000357. The fourth-order valence-electron chi connectivity index (χ4n) is 6.97. The summed E-state index contributed by atoms with van der Waals surface area (Å²) in [7, 11) is 3.93. The van der Waals surface area contributed by atoms with Crippen molar-refractivity contribution < 1.29 is 108 Å². The van der Waals surface area contributed by atoms with Crippen LogP contribution in [0.1, 0.15) is 19.4 Å². The van der Waals surface area contributed by atoms with E-state index in [1.807, 2.05) is 135 Å². The van der Waals surface area contributed by atoms with Crippen LogP contribution in [0, 0.1) is 54.5 Å². The number of aliphatic hydroxyl groups excluding tert-OH is 1. The third-order valence-electron chi connectivity index (χ3n) is 10.5. The van der Waals surface area contributed by atoms with Gasteiger partial charge >= 0.3 is 0 Å². The van der Waals surface area contributed by atoms with E-state index in [1.165, 1.54) is 44.2 Å². The fourth-order valence-corrected chi connectivity index (χ4v) is 6.97. The number of carbonyl (C=O) groups excluding carboxylic acids is 1. The SMILES string of the molecule is CC(=O)C=C(C)O.CN(C)c1ccnc(-c2[c-]cc(F)cc2)c1.Cc1ccnc(-c2[c-]cc(F)cc2F)c1.Fc1c[c-]c(-c2cc(N(c3ccccc3)c3ccccc3)ccn2)cc1.[Ir].[Ir].[Ir].[Ir].[c-]1ccccc1-c1ccccn1. The molecule has 0 atom stereocenters. The number of aliphatic hydroxyl groups is 1. The number of benzene rings is 6. The van der Waals surface area contributed by atoms with E-state index in [9.17, 15) is 22.4 Å². The fraction of sp³-hybridized carbons (Fsp3) is 0.0781. The number of aryl methyl sites for hydroxylation is 1. The Morgan fingerprint density at radius 3 is 1.41 bits per heavy atom. The van der Waals surface area contributed by atoms with Crippen molar-refractivity contribution >= 4 is 28.5 Å². The molecular formula is C64H52F4Ir4N6O2-4. The molecule has 4 aromatic heterocycles. The van der Waals surface area contributed by atoms with Gasteiger partial charge in [0.05, 0.1) is 5.76 Å². The number of halogens is 4. The molecule has 80 heavy (non-hydrogen) atoms. The molecule has 6 aromatic carbocycles. The molecule has 10 aromatic rings. The van der Waals surface area contributed by atoms with Crippen molar-refractivity contribution in [3.8, 4) is 45.0 Å². The van der Waals surface area contributed by atoms with E-state index in [1.54, 1.807) is 43.0 Å². The summed E-state index contributed by atoms with van der Waals surface area (Å²) in [4.78, 5) is 31.1. The summed E-state index contributed by atoms with van der Waals surface area (Å²) >= 11 is 0. The number of hydrogen-bond acceptors (Lipinski definition) is 8. The van der Waals surface area contributed by atoms with Crippen LogP contribution in [0.5, 0.6) is 0 Å². The minimum atomic E-state index is -0.645. The van der Waals surface area contributed by atoms with Crippen molar-refractivity contribution in [3.05, 3.63) is 278 Å². The van der Waals surface area contributed by atoms with Crippen LogP contribution in [0.3, 0.4) is 0 Å². The largest absolute Gasteiger partial charge is 0.512 e. The van der Waals surface area contributed by atoms with Gasteiger partial charge in [-0.15, -0.1) is 108 Å². The first-order valence-corrected chi connectivity index (χ1v) is 23.6. The maximum absolute atomic E-state index is 13.4. The summed E-state index contributed by atoms with van der Waals surface area (Å²) in [6.07, 6.45) is 8.04. The van der Waals surface area contributed by atoms with Gasteiger partial charge < -0.3 is 34.8 Å². The van der Waals surface area contributed by atoms with Crippen LogP contribution in [0.15, 0.2) is 225 Å². The quantitative estimate of drug-likeness (QED) is 0.0661. The molecule has 8 nitrogen and oxygen atoms in total. The van der Waals surface area contributed by atoms with Gasteiger partial charge in [0.25, 0.3) is 0 Å². The molecule has 0 spiro atoms. The molecule has 10 rings (SSSR count). The molecule has 1 N–H and O–H groups in total. The number of nitrogens with zero attached hydrogens (tertiary/aromatic N) is 6. The summed E-state index contributed by atoms with van der Waals surface area (Å²) < 4.78 is 52.0. The Hall–Kier alpha value is -6.95. The second-order valence-corrected chi connectivity index (χ2v) is 16.7. The number of carbonyl (C=O) groups is 1. The second-order valence-electron chi connectivity index (χ2n) is 16.7. The minimum Gasteiger partial charge on any atom is -0.512 e. The molecule has 0 saturated carbocycles. The zero-order chi connectivity index (χ0) is 54.2. The molecule has 418 valence electrons. The van der Waals surface area contributed by atoms with Gasteiger partial charge in [-0.1, -0.05) is 83.9 Å². The zero-order valence-electron chi connectivity index (χ0n) is 43.7. The molecule has 0 saturated heterocycles. The number of ketones is 1. The molecular weight excluding hydrogens is 1730 g/mol. The van der Waals surface area contributed by atoms with Crippen LogP contribution in [-0.4, -0.2) is 44.9 Å². The van der Waals surface area contributed by atoms with Gasteiger partial charge in [0, 0.05) is 171 Å². The molecule has 0 unspecified atom stereocenters. The average molecular weight is 1780 g/mol. The van der Waals surface area contributed by atoms with Crippen LogP contribution >= 0.6 is 0 Å². The van der Waals surface area contributed by atoms with Crippen LogP contribution < -0.4 is 9.80 Å². The number of pyridine rings is 4. The van der Waals surface area contributed by atoms with Crippen LogP contribution in [0.25, 0.3) is 45.0 Å². The number of allylic oxidation sites excluding steroid dienone is 2. The Kier molecular flexibility index (Phi) is 31.4. The first-order valence-electron chi connectivity index (χ1n) is 23.6. The summed E-state index contributed by atoms with van der Waals surface area (Å²) in [5.41, 5.74) is 10.9. The number of hydrogen-bond donors (Lipinski definition) is 1.